The average molecular weight is 439 g/mol. The number of methoxy groups -OCH3 is 2. The Labute approximate surface area is 196 Å². The van der Waals surface area contributed by atoms with Crippen LogP contribution in [0.1, 0.15) is 26.3 Å². The molecule has 0 fully saturated rings. The van der Waals surface area contributed by atoms with Crippen molar-refractivity contribution in [2.75, 3.05) is 19.5 Å². The van der Waals surface area contributed by atoms with E-state index >= 15 is 0 Å². The number of nitrogens with one attached hydrogen (secondary N) is 1. The number of anilines is 2. The van der Waals surface area contributed by atoms with Gasteiger partial charge >= 0.3 is 0 Å². The normalized spacial score (nSPS) is 11.2. The van der Waals surface area contributed by atoms with E-state index in [-0.39, 0.29) is 5.41 Å². The summed E-state index contributed by atoms with van der Waals surface area (Å²) in [5, 5.41) is 3.48. The molecule has 0 aliphatic heterocycles. The third kappa shape index (κ3) is 5.17. The minimum Gasteiger partial charge on any atom is -0.497 e. The fourth-order valence-corrected chi connectivity index (χ4v) is 3.73. The number of rotatable bonds is 6. The Morgan fingerprint density at radius 3 is 1.97 bits per heavy atom. The Bertz CT molecular complexity index is 1220. The van der Waals surface area contributed by atoms with Crippen LogP contribution in [0.4, 0.5) is 11.4 Å². The number of ether oxygens (including phenoxy) is 2. The highest BCUT2D eigenvalue weighted by molar-refractivity contribution is 5.75. The zero-order valence-corrected chi connectivity index (χ0v) is 19.8. The van der Waals surface area contributed by atoms with Gasteiger partial charge in [0, 0.05) is 29.2 Å². The molecule has 1 N–H and O–H groups in total. The Kier molecular flexibility index (Phi) is 6.36. The van der Waals surface area contributed by atoms with E-state index in [0.717, 1.165) is 45.3 Å². The van der Waals surface area contributed by atoms with Crippen molar-refractivity contribution in [2.24, 2.45) is 0 Å². The number of aromatic nitrogens is 1. The zero-order valence-electron chi connectivity index (χ0n) is 19.8. The fourth-order valence-electron chi connectivity index (χ4n) is 3.73. The van der Waals surface area contributed by atoms with E-state index in [1.54, 1.807) is 14.2 Å². The van der Waals surface area contributed by atoms with E-state index in [1.807, 2.05) is 30.5 Å². The predicted molar refractivity (Wildman–Crippen MR) is 137 cm³/mol. The third-order valence-corrected chi connectivity index (χ3v) is 5.70. The van der Waals surface area contributed by atoms with Crippen LogP contribution in [0.25, 0.3) is 22.4 Å². The molecule has 4 nitrogen and oxygen atoms in total. The van der Waals surface area contributed by atoms with E-state index in [1.165, 1.54) is 5.56 Å². The molecule has 4 heteroatoms. The number of pyridine rings is 1. The molecule has 0 amide bonds. The molecule has 1 aromatic heterocycles. The lowest BCUT2D eigenvalue weighted by Crippen LogP contribution is -2.10. The number of nitrogens with zero attached hydrogens (tertiary/aromatic N) is 1. The van der Waals surface area contributed by atoms with Crippen LogP contribution in [-0.2, 0) is 5.41 Å². The molecule has 4 rings (SSSR count). The van der Waals surface area contributed by atoms with Gasteiger partial charge in [-0.1, -0.05) is 45.0 Å². The lowest BCUT2D eigenvalue weighted by atomic mass is 9.87. The number of benzene rings is 3. The molecule has 0 saturated carbocycles. The van der Waals surface area contributed by atoms with E-state index in [4.69, 9.17) is 9.47 Å². The summed E-state index contributed by atoms with van der Waals surface area (Å²) >= 11 is 0. The summed E-state index contributed by atoms with van der Waals surface area (Å²) < 4.78 is 10.9. The maximum Gasteiger partial charge on any atom is 0.131 e. The van der Waals surface area contributed by atoms with Gasteiger partial charge in [-0.25, -0.2) is 0 Å². The highest BCUT2D eigenvalue weighted by atomic mass is 16.5. The first-order valence-electron chi connectivity index (χ1n) is 11.0. The Morgan fingerprint density at radius 2 is 1.36 bits per heavy atom. The van der Waals surface area contributed by atoms with Crippen molar-refractivity contribution >= 4 is 11.4 Å². The van der Waals surface area contributed by atoms with Crippen LogP contribution >= 0.6 is 0 Å². The SMILES string of the molecule is COc1ccc(-c2cc(-c3ccc(Nc4ccc(C(C)(C)C)cc4)cc3)ccn2)c(OC)c1. The van der Waals surface area contributed by atoms with Crippen molar-refractivity contribution in [1.29, 1.82) is 0 Å². The summed E-state index contributed by atoms with van der Waals surface area (Å²) in [5.74, 6) is 1.49. The standard InChI is InChI=1S/C29H30N2O2/c1-29(2,3)22-8-12-24(13-9-22)31-23-10-6-20(7-11-23)21-16-17-30-27(18-21)26-15-14-25(32-4)19-28(26)33-5/h6-19,31H,1-5H3. The summed E-state index contributed by atoms with van der Waals surface area (Å²) in [4.78, 5) is 4.56. The van der Waals surface area contributed by atoms with Crippen molar-refractivity contribution in [1.82, 2.24) is 4.98 Å². The van der Waals surface area contributed by atoms with Gasteiger partial charge in [-0.05, 0) is 70.6 Å². The maximum atomic E-state index is 5.56. The largest absolute Gasteiger partial charge is 0.497 e. The minimum atomic E-state index is 0.152. The highest BCUT2D eigenvalue weighted by Crippen LogP contribution is 2.34. The lowest BCUT2D eigenvalue weighted by molar-refractivity contribution is 0.395. The first-order chi connectivity index (χ1) is 15.9. The third-order valence-electron chi connectivity index (χ3n) is 5.70. The van der Waals surface area contributed by atoms with E-state index in [2.05, 4.69) is 85.7 Å². The van der Waals surface area contributed by atoms with Crippen molar-refractivity contribution in [3.63, 3.8) is 0 Å². The van der Waals surface area contributed by atoms with Crippen molar-refractivity contribution in [2.45, 2.75) is 26.2 Å². The molecule has 0 aliphatic carbocycles. The summed E-state index contributed by atoms with van der Waals surface area (Å²) in [6.07, 6.45) is 1.83. The summed E-state index contributed by atoms with van der Waals surface area (Å²) in [5.41, 5.74) is 7.61. The molecule has 0 spiro atoms. The molecular formula is C29H30N2O2. The molecule has 0 saturated heterocycles. The number of hydrogen-bond donors (Lipinski definition) is 1. The quantitative estimate of drug-likeness (QED) is 0.339. The van der Waals surface area contributed by atoms with E-state index in [0.29, 0.717) is 0 Å². The van der Waals surface area contributed by atoms with Crippen molar-refractivity contribution < 1.29 is 9.47 Å². The zero-order chi connectivity index (χ0) is 23.4. The van der Waals surface area contributed by atoms with Crippen LogP contribution < -0.4 is 14.8 Å². The van der Waals surface area contributed by atoms with Crippen LogP contribution in [0.3, 0.4) is 0 Å². The molecule has 0 atom stereocenters. The van der Waals surface area contributed by atoms with Gasteiger partial charge in [0.15, 0.2) is 0 Å². The van der Waals surface area contributed by atoms with Crippen molar-refractivity contribution in [3.05, 3.63) is 90.6 Å². The molecule has 168 valence electrons. The molecular weight excluding hydrogens is 408 g/mol. The van der Waals surface area contributed by atoms with Gasteiger partial charge in [-0.2, -0.15) is 0 Å². The molecule has 0 radical (unpaired) electrons. The monoisotopic (exact) mass is 438 g/mol. The van der Waals surface area contributed by atoms with Gasteiger partial charge in [-0.3, -0.25) is 4.98 Å². The molecule has 1 heterocycles. The van der Waals surface area contributed by atoms with Gasteiger partial charge in [0.1, 0.15) is 11.5 Å². The summed E-state index contributed by atoms with van der Waals surface area (Å²) in [7, 11) is 3.30. The smallest absolute Gasteiger partial charge is 0.131 e. The minimum absolute atomic E-state index is 0.152. The van der Waals surface area contributed by atoms with Crippen LogP contribution in [0, 0.1) is 0 Å². The Balaban J connectivity index is 1.54. The molecule has 0 aliphatic rings. The Hall–Kier alpha value is -3.79. The van der Waals surface area contributed by atoms with E-state index < -0.39 is 0 Å². The summed E-state index contributed by atoms with van der Waals surface area (Å²) in [6.45, 7) is 6.68. The first-order valence-corrected chi connectivity index (χ1v) is 11.0. The molecule has 4 aromatic rings. The van der Waals surface area contributed by atoms with Gasteiger partial charge in [0.05, 0.1) is 19.9 Å². The second-order valence-corrected chi connectivity index (χ2v) is 9.03. The van der Waals surface area contributed by atoms with Gasteiger partial charge in [0.2, 0.25) is 0 Å². The molecule has 0 bridgehead atoms. The number of hydrogen-bond acceptors (Lipinski definition) is 4. The molecule has 3 aromatic carbocycles. The van der Waals surface area contributed by atoms with Crippen molar-refractivity contribution in [3.8, 4) is 33.9 Å². The second kappa shape index (κ2) is 9.37. The fraction of sp³-hybridized carbons (Fsp3) is 0.207. The average Bonchev–Trinajstić information content (AvgIpc) is 2.84. The molecule has 33 heavy (non-hydrogen) atoms. The van der Waals surface area contributed by atoms with E-state index in [9.17, 15) is 0 Å². The summed E-state index contributed by atoms with van der Waals surface area (Å²) in [6, 6.07) is 26.9. The Morgan fingerprint density at radius 1 is 0.697 bits per heavy atom. The highest BCUT2D eigenvalue weighted by Gasteiger charge is 2.13. The van der Waals surface area contributed by atoms with Crippen LogP contribution in [-0.4, -0.2) is 19.2 Å². The lowest BCUT2D eigenvalue weighted by Gasteiger charge is -2.19. The van der Waals surface area contributed by atoms with Crippen LogP contribution in [0.15, 0.2) is 85.1 Å². The van der Waals surface area contributed by atoms with Crippen LogP contribution in [0.2, 0.25) is 0 Å². The van der Waals surface area contributed by atoms with Gasteiger partial charge < -0.3 is 14.8 Å². The van der Waals surface area contributed by atoms with Crippen LogP contribution in [0.5, 0.6) is 11.5 Å². The first kappa shape index (κ1) is 22.4. The predicted octanol–water partition coefficient (Wildman–Crippen LogP) is 7.47. The maximum absolute atomic E-state index is 5.56. The second-order valence-electron chi connectivity index (χ2n) is 9.03. The molecule has 0 unspecified atom stereocenters. The van der Waals surface area contributed by atoms with Gasteiger partial charge in [-0.15, -0.1) is 0 Å². The topological polar surface area (TPSA) is 43.4 Å². The van der Waals surface area contributed by atoms with Gasteiger partial charge in [0.25, 0.3) is 0 Å².